The molecule has 6 nitrogen and oxygen atoms in total. The zero-order valence-corrected chi connectivity index (χ0v) is 10.9. The van der Waals surface area contributed by atoms with Crippen LogP contribution < -0.4 is 10.2 Å². The van der Waals surface area contributed by atoms with Crippen molar-refractivity contribution in [2.75, 3.05) is 11.4 Å². The smallest absolute Gasteiger partial charge is 0.328 e. The summed E-state index contributed by atoms with van der Waals surface area (Å²) in [6.07, 6.45) is 1.05. The van der Waals surface area contributed by atoms with Gasteiger partial charge in [-0.3, -0.25) is 19.8 Å². The topological polar surface area (TPSA) is 71.4 Å². The van der Waals surface area contributed by atoms with Gasteiger partial charge in [-0.1, -0.05) is 12.1 Å². The van der Waals surface area contributed by atoms with Crippen molar-refractivity contribution in [1.82, 2.24) is 9.88 Å². The lowest BCUT2D eigenvalue weighted by Gasteiger charge is -2.27. The number of hydrogen-bond donors (Lipinski definition) is 1. The highest BCUT2D eigenvalue weighted by molar-refractivity contribution is 6.10. The van der Waals surface area contributed by atoms with E-state index in [1.807, 2.05) is 18.2 Å². The number of aldehydes is 1. The number of nitrogens with one attached hydrogen (secondary N) is 1. The third-order valence-corrected chi connectivity index (χ3v) is 3.54. The molecule has 2 heterocycles. The van der Waals surface area contributed by atoms with Gasteiger partial charge in [0.2, 0.25) is 5.91 Å². The molecule has 0 spiro atoms. The second-order valence-electron chi connectivity index (χ2n) is 4.72. The van der Waals surface area contributed by atoms with Crippen LogP contribution in [-0.4, -0.2) is 29.3 Å². The van der Waals surface area contributed by atoms with Gasteiger partial charge in [-0.15, -0.1) is 0 Å². The maximum atomic E-state index is 12.0. The summed E-state index contributed by atoms with van der Waals surface area (Å²) in [7, 11) is 1.78. The molecule has 2 aromatic rings. The van der Waals surface area contributed by atoms with Crippen LogP contribution in [0.3, 0.4) is 0 Å². The van der Waals surface area contributed by atoms with Gasteiger partial charge >= 0.3 is 6.03 Å². The standard InChI is InChI=1S/C14H13N3O3/c1-16-10(8-18)7-9-3-2-4-11(13(9)16)17-6-5-12(19)15-14(17)20/h2-4,7-8H,5-6H2,1H3,(H,15,19,20). The van der Waals surface area contributed by atoms with E-state index in [1.165, 1.54) is 4.90 Å². The zero-order valence-electron chi connectivity index (χ0n) is 10.9. The molecule has 3 rings (SSSR count). The number of fused-ring (bicyclic) bond motifs is 1. The number of carbonyl (C=O) groups is 3. The van der Waals surface area contributed by atoms with E-state index in [-0.39, 0.29) is 12.3 Å². The monoisotopic (exact) mass is 271 g/mol. The van der Waals surface area contributed by atoms with Crippen molar-refractivity contribution in [1.29, 1.82) is 0 Å². The molecular formula is C14H13N3O3. The molecule has 1 N–H and O–H groups in total. The number of amides is 3. The molecule has 6 heteroatoms. The van der Waals surface area contributed by atoms with Gasteiger partial charge in [-0.2, -0.15) is 0 Å². The summed E-state index contributed by atoms with van der Waals surface area (Å²) in [6, 6.07) is 6.88. The van der Waals surface area contributed by atoms with Crippen LogP contribution in [-0.2, 0) is 11.8 Å². The van der Waals surface area contributed by atoms with Crippen molar-refractivity contribution < 1.29 is 14.4 Å². The molecule has 20 heavy (non-hydrogen) atoms. The number of para-hydroxylation sites is 1. The minimum Gasteiger partial charge on any atom is -0.340 e. The fourth-order valence-corrected chi connectivity index (χ4v) is 2.54. The van der Waals surface area contributed by atoms with Crippen molar-refractivity contribution in [3.63, 3.8) is 0 Å². The van der Waals surface area contributed by atoms with Gasteiger partial charge < -0.3 is 4.57 Å². The summed E-state index contributed by atoms with van der Waals surface area (Å²) in [5.74, 6) is -0.265. The van der Waals surface area contributed by atoms with Crippen molar-refractivity contribution in [3.05, 3.63) is 30.0 Å². The van der Waals surface area contributed by atoms with E-state index in [2.05, 4.69) is 5.32 Å². The molecule has 3 amide bonds. The predicted molar refractivity (Wildman–Crippen MR) is 73.8 cm³/mol. The number of carbonyl (C=O) groups excluding carboxylic acids is 3. The Labute approximate surface area is 115 Å². The number of rotatable bonds is 2. The molecule has 0 atom stereocenters. The normalized spacial score (nSPS) is 15.6. The van der Waals surface area contributed by atoms with Crippen LogP contribution in [0, 0.1) is 0 Å². The molecule has 1 saturated heterocycles. The highest BCUT2D eigenvalue weighted by Gasteiger charge is 2.26. The van der Waals surface area contributed by atoms with Crippen LogP contribution >= 0.6 is 0 Å². The number of aromatic nitrogens is 1. The third kappa shape index (κ3) is 1.77. The number of imide groups is 1. The molecule has 0 bridgehead atoms. The first-order valence-electron chi connectivity index (χ1n) is 6.27. The van der Waals surface area contributed by atoms with Gasteiger partial charge in [0.1, 0.15) is 0 Å². The molecule has 102 valence electrons. The van der Waals surface area contributed by atoms with Gasteiger partial charge in [0.05, 0.1) is 16.9 Å². The Balaban J connectivity index is 2.16. The maximum Gasteiger partial charge on any atom is 0.328 e. The van der Waals surface area contributed by atoms with Crippen LogP contribution in [0.2, 0.25) is 0 Å². The first-order chi connectivity index (χ1) is 9.61. The Hall–Kier alpha value is -2.63. The molecule has 1 aliphatic rings. The molecule has 1 aromatic heterocycles. The Morgan fingerprint density at radius 1 is 1.30 bits per heavy atom. The number of benzene rings is 1. The SMILES string of the molecule is Cn1c(C=O)cc2cccc(N3CCC(=O)NC3=O)c21. The fourth-order valence-electron chi connectivity index (χ4n) is 2.54. The maximum absolute atomic E-state index is 12.0. The average Bonchev–Trinajstić information content (AvgIpc) is 2.76. The van der Waals surface area contributed by atoms with E-state index in [0.29, 0.717) is 17.9 Å². The highest BCUT2D eigenvalue weighted by atomic mass is 16.2. The highest BCUT2D eigenvalue weighted by Crippen LogP contribution is 2.29. The minimum absolute atomic E-state index is 0.265. The lowest BCUT2D eigenvalue weighted by molar-refractivity contribution is -0.120. The summed E-state index contributed by atoms with van der Waals surface area (Å²) in [4.78, 5) is 35.7. The van der Waals surface area contributed by atoms with Crippen molar-refractivity contribution in [2.24, 2.45) is 7.05 Å². The number of hydrogen-bond acceptors (Lipinski definition) is 3. The second kappa shape index (κ2) is 4.48. The first-order valence-corrected chi connectivity index (χ1v) is 6.27. The number of nitrogens with zero attached hydrogens (tertiary/aromatic N) is 2. The quantitative estimate of drug-likeness (QED) is 0.840. The van der Waals surface area contributed by atoms with Crippen LogP contribution in [0.15, 0.2) is 24.3 Å². The second-order valence-corrected chi connectivity index (χ2v) is 4.72. The molecule has 1 fully saturated rings. The largest absolute Gasteiger partial charge is 0.340 e. The number of anilines is 1. The predicted octanol–water partition coefficient (Wildman–Crippen LogP) is 1.44. The average molecular weight is 271 g/mol. The van der Waals surface area contributed by atoms with Crippen LogP contribution in [0.25, 0.3) is 10.9 Å². The van der Waals surface area contributed by atoms with Crippen molar-refractivity contribution >= 4 is 34.8 Å². The molecule has 1 aliphatic heterocycles. The minimum atomic E-state index is -0.428. The lowest BCUT2D eigenvalue weighted by Crippen LogP contribution is -2.49. The van der Waals surface area contributed by atoms with Gasteiger partial charge in [0, 0.05) is 25.4 Å². The Kier molecular flexibility index (Phi) is 2.78. The summed E-state index contributed by atoms with van der Waals surface area (Å²) in [5.41, 5.74) is 2.04. The summed E-state index contributed by atoms with van der Waals surface area (Å²) < 4.78 is 1.75. The Bertz CT molecular complexity index is 733. The Morgan fingerprint density at radius 3 is 2.80 bits per heavy atom. The van der Waals surface area contributed by atoms with E-state index < -0.39 is 6.03 Å². The van der Waals surface area contributed by atoms with E-state index in [9.17, 15) is 14.4 Å². The van der Waals surface area contributed by atoms with E-state index in [0.717, 1.165) is 17.2 Å². The summed E-state index contributed by atoms with van der Waals surface area (Å²) in [6.45, 7) is 0.339. The molecular weight excluding hydrogens is 258 g/mol. The first kappa shape index (κ1) is 12.4. The van der Waals surface area contributed by atoms with Crippen LogP contribution in [0.5, 0.6) is 0 Å². The van der Waals surface area contributed by atoms with Crippen LogP contribution in [0.4, 0.5) is 10.5 Å². The summed E-state index contributed by atoms with van der Waals surface area (Å²) >= 11 is 0. The molecule has 0 radical (unpaired) electrons. The molecule has 0 aliphatic carbocycles. The van der Waals surface area contributed by atoms with E-state index in [1.54, 1.807) is 17.7 Å². The number of urea groups is 1. The van der Waals surface area contributed by atoms with Gasteiger partial charge in [0.15, 0.2) is 6.29 Å². The van der Waals surface area contributed by atoms with Gasteiger partial charge in [0.25, 0.3) is 0 Å². The third-order valence-electron chi connectivity index (χ3n) is 3.54. The van der Waals surface area contributed by atoms with Crippen molar-refractivity contribution in [3.8, 4) is 0 Å². The van der Waals surface area contributed by atoms with Crippen molar-refractivity contribution in [2.45, 2.75) is 6.42 Å². The van der Waals surface area contributed by atoms with E-state index in [4.69, 9.17) is 0 Å². The molecule has 0 saturated carbocycles. The summed E-state index contributed by atoms with van der Waals surface area (Å²) in [5, 5.41) is 3.19. The zero-order chi connectivity index (χ0) is 14.3. The van der Waals surface area contributed by atoms with Crippen LogP contribution in [0.1, 0.15) is 16.9 Å². The van der Waals surface area contributed by atoms with E-state index >= 15 is 0 Å². The fraction of sp³-hybridized carbons (Fsp3) is 0.214. The molecule has 1 aromatic carbocycles. The molecule has 0 unspecified atom stereocenters. The van der Waals surface area contributed by atoms with Gasteiger partial charge in [-0.05, 0) is 12.1 Å². The Morgan fingerprint density at radius 2 is 2.10 bits per heavy atom. The lowest BCUT2D eigenvalue weighted by atomic mass is 10.2. The van der Waals surface area contributed by atoms with Gasteiger partial charge in [-0.25, -0.2) is 4.79 Å². The number of aryl methyl sites for hydroxylation is 1.